The summed E-state index contributed by atoms with van der Waals surface area (Å²) >= 11 is 0. The fourth-order valence-corrected chi connectivity index (χ4v) is 3.02. The Morgan fingerprint density at radius 1 is 1.00 bits per heavy atom. The Kier molecular flexibility index (Phi) is 4.72. The van der Waals surface area contributed by atoms with E-state index in [1.807, 2.05) is 43.4 Å². The van der Waals surface area contributed by atoms with E-state index in [1.165, 1.54) is 0 Å². The number of piperazine rings is 1. The highest BCUT2D eigenvalue weighted by Crippen LogP contribution is 2.24. The Hall–Kier alpha value is -3.00. The minimum Gasteiger partial charge on any atom is -0.378 e. The normalized spacial score (nSPS) is 15.1. The van der Waals surface area contributed by atoms with Gasteiger partial charge in [-0.1, -0.05) is 5.16 Å². The number of anilines is 2. The molecule has 0 atom stereocenters. The maximum atomic E-state index is 5.40. The van der Waals surface area contributed by atoms with E-state index in [1.54, 1.807) is 6.20 Å². The Balaban J connectivity index is 1.52. The molecule has 0 radical (unpaired) electrons. The summed E-state index contributed by atoms with van der Waals surface area (Å²) in [5.41, 5.74) is 3.48. The Labute approximate surface area is 158 Å². The summed E-state index contributed by atoms with van der Waals surface area (Å²) in [6.45, 7) is 4.15. The molecule has 4 heterocycles. The van der Waals surface area contributed by atoms with Crippen LogP contribution in [0.15, 0.2) is 41.2 Å². The Bertz CT molecular complexity index is 898. The van der Waals surface area contributed by atoms with Gasteiger partial charge in [0.05, 0.1) is 11.9 Å². The van der Waals surface area contributed by atoms with Gasteiger partial charge in [0.2, 0.25) is 5.82 Å². The molecule has 1 aliphatic heterocycles. The number of likely N-dealkylation sites (N-methyl/N-ethyl adjacent to an activating group) is 1. The van der Waals surface area contributed by atoms with Crippen LogP contribution >= 0.6 is 0 Å². The second-order valence-corrected chi connectivity index (χ2v) is 6.91. The minimum atomic E-state index is 0.388. The average Bonchev–Trinajstić information content (AvgIpc) is 3.19. The number of hydrogen-bond acceptors (Lipinski definition) is 8. The van der Waals surface area contributed by atoms with E-state index in [0.717, 1.165) is 37.6 Å². The Morgan fingerprint density at radius 2 is 1.81 bits per heavy atom. The molecule has 3 aromatic rings. The van der Waals surface area contributed by atoms with Crippen LogP contribution in [-0.2, 0) is 0 Å². The van der Waals surface area contributed by atoms with Crippen molar-refractivity contribution >= 4 is 11.4 Å². The van der Waals surface area contributed by atoms with Crippen molar-refractivity contribution in [1.82, 2.24) is 25.0 Å². The van der Waals surface area contributed by atoms with Crippen LogP contribution in [0.3, 0.4) is 0 Å². The van der Waals surface area contributed by atoms with E-state index in [9.17, 15) is 0 Å². The first-order chi connectivity index (χ1) is 13.1. The van der Waals surface area contributed by atoms with Crippen LogP contribution in [-0.4, -0.2) is 72.3 Å². The van der Waals surface area contributed by atoms with Crippen molar-refractivity contribution in [1.29, 1.82) is 0 Å². The number of aromatic nitrogens is 4. The molecule has 8 heteroatoms. The molecule has 140 valence electrons. The average molecular weight is 365 g/mol. The molecule has 8 nitrogen and oxygen atoms in total. The number of rotatable bonds is 4. The van der Waals surface area contributed by atoms with Gasteiger partial charge in [0.25, 0.3) is 5.89 Å². The predicted molar refractivity (Wildman–Crippen MR) is 105 cm³/mol. The lowest BCUT2D eigenvalue weighted by molar-refractivity contribution is 0.313. The molecule has 0 aromatic carbocycles. The fourth-order valence-electron chi connectivity index (χ4n) is 3.02. The molecule has 0 bridgehead atoms. The quantitative estimate of drug-likeness (QED) is 0.695. The highest BCUT2D eigenvalue weighted by molar-refractivity contribution is 5.60. The maximum absolute atomic E-state index is 5.40. The topological polar surface area (TPSA) is 74.4 Å². The van der Waals surface area contributed by atoms with Crippen molar-refractivity contribution < 1.29 is 4.52 Å². The minimum absolute atomic E-state index is 0.388. The van der Waals surface area contributed by atoms with E-state index in [-0.39, 0.29) is 0 Å². The van der Waals surface area contributed by atoms with Gasteiger partial charge >= 0.3 is 0 Å². The molecular formula is C19H23N7O. The van der Waals surface area contributed by atoms with Gasteiger partial charge in [-0.05, 0) is 31.3 Å². The molecule has 0 unspecified atom stereocenters. The van der Waals surface area contributed by atoms with Crippen molar-refractivity contribution in [2.45, 2.75) is 0 Å². The van der Waals surface area contributed by atoms with Crippen molar-refractivity contribution in [3.8, 4) is 23.1 Å². The lowest BCUT2D eigenvalue weighted by Gasteiger charge is -2.33. The molecule has 4 rings (SSSR count). The lowest BCUT2D eigenvalue weighted by Crippen LogP contribution is -2.44. The summed E-state index contributed by atoms with van der Waals surface area (Å²) in [6.07, 6.45) is 3.61. The highest BCUT2D eigenvalue weighted by atomic mass is 16.5. The zero-order valence-corrected chi connectivity index (χ0v) is 15.8. The number of hydrogen-bond donors (Lipinski definition) is 0. The number of nitrogens with zero attached hydrogens (tertiary/aromatic N) is 7. The number of pyridine rings is 2. The van der Waals surface area contributed by atoms with E-state index in [0.29, 0.717) is 23.1 Å². The molecule has 0 N–H and O–H groups in total. The molecular weight excluding hydrogens is 342 g/mol. The molecule has 1 saturated heterocycles. The second-order valence-electron chi connectivity index (χ2n) is 6.91. The van der Waals surface area contributed by atoms with Crippen molar-refractivity contribution in [3.63, 3.8) is 0 Å². The Morgan fingerprint density at radius 3 is 2.52 bits per heavy atom. The summed E-state index contributed by atoms with van der Waals surface area (Å²) < 4.78 is 5.40. The lowest BCUT2D eigenvalue weighted by atomic mass is 10.2. The monoisotopic (exact) mass is 365 g/mol. The highest BCUT2D eigenvalue weighted by Gasteiger charge is 2.16. The van der Waals surface area contributed by atoms with Crippen molar-refractivity contribution in [3.05, 3.63) is 36.7 Å². The third-order valence-corrected chi connectivity index (χ3v) is 4.75. The zero-order valence-electron chi connectivity index (χ0n) is 15.8. The van der Waals surface area contributed by atoms with Crippen LogP contribution in [0, 0.1) is 0 Å². The van der Waals surface area contributed by atoms with Crippen LogP contribution in [0.4, 0.5) is 11.4 Å². The van der Waals surface area contributed by atoms with Crippen LogP contribution in [0.1, 0.15) is 0 Å². The van der Waals surface area contributed by atoms with Gasteiger partial charge in [0.15, 0.2) is 0 Å². The smallest absolute Gasteiger partial charge is 0.276 e. The van der Waals surface area contributed by atoms with E-state index >= 15 is 0 Å². The maximum Gasteiger partial charge on any atom is 0.276 e. The first-order valence-electron chi connectivity index (χ1n) is 8.97. The van der Waals surface area contributed by atoms with Gasteiger partial charge in [-0.2, -0.15) is 4.98 Å². The largest absolute Gasteiger partial charge is 0.378 e. The van der Waals surface area contributed by atoms with Gasteiger partial charge in [-0.15, -0.1) is 0 Å². The molecule has 0 amide bonds. The molecule has 0 saturated carbocycles. The SMILES string of the molecule is CN1CCN(c2ccc(-c3noc(-c4cc(N(C)C)ccn4)n3)nc2)CC1. The van der Waals surface area contributed by atoms with E-state index < -0.39 is 0 Å². The third kappa shape index (κ3) is 3.75. The summed E-state index contributed by atoms with van der Waals surface area (Å²) in [7, 11) is 6.10. The van der Waals surface area contributed by atoms with Gasteiger partial charge in [0, 0.05) is 52.2 Å². The standard InChI is InChI=1S/C19H23N7O/c1-24(2)14-6-7-20-17(12-14)19-22-18(23-27-19)16-5-4-15(13-21-16)26-10-8-25(3)9-11-26/h4-7,12-13H,8-11H2,1-3H3. The van der Waals surface area contributed by atoms with Crippen molar-refractivity contribution in [2.24, 2.45) is 0 Å². The molecule has 0 spiro atoms. The summed E-state index contributed by atoms with van der Waals surface area (Å²) in [5, 5.41) is 4.07. The third-order valence-electron chi connectivity index (χ3n) is 4.75. The van der Waals surface area contributed by atoms with Crippen molar-refractivity contribution in [2.75, 3.05) is 57.1 Å². The first-order valence-corrected chi connectivity index (χ1v) is 8.97. The predicted octanol–water partition coefficient (Wildman–Crippen LogP) is 2.01. The zero-order chi connectivity index (χ0) is 18.8. The van der Waals surface area contributed by atoms with Crippen LogP contribution in [0.5, 0.6) is 0 Å². The first kappa shape index (κ1) is 17.4. The van der Waals surface area contributed by atoms with E-state index in [4.69, 9.17) is 4.52 Å². The molecule has 3 aromatic heterocycles. The van der Waals surface area contributed by atoms with Gasteiger partial charge < -0.3 is 19.2 Å². The van der Waals surface area contributed by atoms with Gasteiger partial charge in [-0.3, -0.25) is 9.97 Å². The van der Waals surface area contributed by atoms with Crippen LogP contribution in [0.25, 0.3) is 23.1 Å². The molecule has 1 fully saturated rings. The van der Waals surface area contributed by atoms with Crippen LogP contribution < -0.4 is 9.80 Å². The summed E-state index contributed by atoms with van der Waals surface area (Å²) in [4.78, 5) is 20.0. The van der Waals surface area contributed by atoms with Gasteiger partial charge in [-0.25, -0.2) is 0 Å². The molecule has 27 heavy (non-hydrogen) atoms. The van der Waals surface area contributed by atoms with Gasteiger partial charge in [0.1, 0.15) is 11.4 Å². The molecule has 1 aliphatic rings. The fraction of sp³-hybridized carbons (Fsp3) is 0.368. The second kappa shape index (κ2) is 7.32. The summed E-state index contributed by atoms with van der Waals surface area (Å²) in [5.74, 6) is 0.852. The van der Waals surface area contributed by atoms with E-state index in [2.05, 4.69) is 43.0 Å². The summed E-state index contributed by atoms with van der Waals surface area (Å²) in [6, 6.07) is 7.85. The molecule has 0 aliphatic carbocycles. The van der Waals surface area contributed by atoms with Crippen LogP contribution in [0.2, 0.25) is 0 Å².